The Kier molecular flexibility index (Phi) is 4.44. The van der Waals surface area contributed by atoms with Crippen LogP contribution in [0.3, 0.4) is 0 Å². The lowest BCUT2D eigenvalue weighted by Crippen LogP contribution is -2.37. The highest BCUT2D eigenvalue weighted by atomic mass is 19.3. The minimum atomic E-state index is -2.61. The van der Waals surface area contributed by atoms with E-state index in [1.807, 2.05) is 6.07 Å². The first-order chi connectivity index (χ1) is 9.11. The molecule has 4 nitrogen and oxygen atoms in total. The molecule has 1 aromatic rings. The van der Waals surface area contributed by atoms with E-state index in [4.69, 9.17) is 5.11 Å². The summed E-state index contributed by atoms with van der Waals surface area (Å²) in [5.41, 5.74) is 2.53. The average molecular weight is 270 g/mol. The number of hydrogen-bond donors (Lipinski definition) is 2. The number of benzene rings is 1. The zero-order chi connectivity index (χ0) is 13.8. The largest absolute Gasteiger partial charge is 0.395 e. The molecule has 0 radical (unpaired) electrons. The number of carbonyl (C=O) groups is 1. The summed E-state index contributed by atoms with van der Waals surface area (Å²) in [6, 6.07) is 5.21. The lowest BCUT2D eigenvalue weighted by molar-refractivity contribution is 0.0509. The molecule has 6 heteroatoms. The molecule has 0 aliphatic carbocycles. The Hall–Kier alpha value is -1.53. The van der Waals surface area contributed by atoms with Gasteiger partial charge in [-0.2, -0.15) is 0 Å². The van der Waals surface area contributed by atoms with Crippen LogP contribution in [0.4, 0.5) is 8.78 Å². The Morgan fingerprint density at radius 3 is 2.79 bits per heavy atom. The summed E-state index contributed by atoms with van der Waals surface area (Å²) >= 11 is 0. The third kappa shape index (κ3) is 3.27. The summed E-state index contributed by atoms with van der Waals surface area (Å²) in [7, 11) is 0. The lowest BCUT2D eigenvalue weighted by Gasteiger charge is -2.21. The third-order valence-electron chi connectivity index (χ3n) is 3.10. The second kappa shape index (κ2) is 6.08. The number of rotatable bonds is 5. The van der Waals surface area contributed by atoms with Gasteiger partial charge in [-0.15, -0.1) is 0 Å². The van der Waals surface area contributed by atoms with Crippen LogP contribution in [-0.2, 0) is 13.1 Å². The zero-order valence-corrected chi connectivity index (χ0v) is 10.4. The summed E-state index contributed by atoms with van der Waals surface area (Å²) in [6.07, 6.45) is -2.61. The van der Waals surface area contributed by atoms with Gasteiger partial charge in [0, 0.05) is 25.2 Å². The molecule has 1 amide bonds. The molecule has 2 rings (SSSR count). The Labute approximate surface area is 110 Å². The summed E-state index contributed by atoms with van der Waals surface area (Å²) in [5.74, 6) is -0.468. The van der Waals surface area contributed by atoms with Gasteiger partial charge in [0.15, 0.2) is 0 Å². The van der Waals surface area contributed by atoms with Crippen LogP contribution in [-0.4, -0.2) is 42.0 Å². The van der Waals surface area contributed by atoms with Gasteiger partial charge < -0.3 is 15.3 Å². The van der Waals surface area contributed by atoms with E-state index in [2.05, 4.69) is 5.32 Å². The normalized spacial score (nSPS) is 13.7. The summed E-state index contributed by atoms with van der Waals surface area (Å²) in [5, 5.41) is 12.0. The van der Waals surface area contributed by atoms with Crippen molar-refractivity contribution in [3.63, 3.8) is 0 Å². The van der Waals surface area contributed by atoms with Crippen LogP contribution >= 0.6 is 0 Å². The number of hydrogen-bond acceptors (Lipinski definition) is 3. The number of aliphatic hydroxyl groups excluding tert-OH is 1. The molecule has 2 N–H and O–H groups in total. The van der Waals surface area contributed by atoms with Crippen LogP contribution in [0.2, 0.25) is 0 Å². The Morgan fingerprint density at radius 1 is 1.37 bits per heavy atom. The second-order valence-electron chi connectivity index (χ2n) is 4.45. The molecule has 1 aliphatic rings. The molecule has 0 saturated carbocycles. The number of carbonyl (C=O) groups excluding carboxylic acids is 1. The fourth-order valence-electron chi connectivity index (χ4n) is 2.17. The van der Waals surface area contributed by atoms with Crippen LogP contribution in [0.15, 0.2) is 18.2 Å². The van der Waals surface area contributed by atoms with Crippen molar-refractivity contribution in [1.29, 1.82) is 0 Å². The van der Waals surface area contributed by atoms with Crippen molar-refractivity contribution >= 4 is 5.91 Å². The first-order valence-electron chi connectivity index (χ1n) is 6.12. The van der Waals surface area contributed by atoms with Crippen LogP contribution in [0, 0.1) is 0 Å². The van der Waals surface area contributed by atoms with E-state index in [9.17, 15) is 13.6 Å². The maximum absolute atomic E-state index is 12.4. The van der Waals surface area contributed by atoms with Crippen molar-refractivity contribution in [1.82, 2.24) is 10.2 Å². The minimum Gasteiger partial charge on any atom is -0.395 e. The Balaban J connectivity index is 2.16. The summed E-state index contributed by atoms with van der Waals surface area (Å²) < 4.78 is 24.8. The zero-order valence-electron chi connectivity index (χ0n) is 10.4. The van der Waals surface area contributed by atoms with Gasteiger partial charge in [-0.1, -0.05) is 6.07 Å². The molecular formula is C13H16F2N2O2. The van der Waals surface area contributed by atoms with Crippen LogP contribution in [0.5, 0.6) is 0 Å². The highest BCUT2D eigenvalue weighted by Crippen LogP contribution is 2.18. The first kappa shape index (κ1) is 13.9. The van der Waals surface area contributed by atoms with E-state index in [1.165, 1.54) is 0 Å². The molecule has 1 aliphatic heterocycles. The molecule has 0 fully saturated rings. The number of aliphatic hydroxyl groups is 1. The van der Waals surface area contributed by atoms with Crippen LogP contribution in [0.25, 0.3) is 0 Å². The van der Waals surface area contributed by atoms with Crippen molar-refractivity contribution < 1.29 is 18.7 Å². The summed E-state index contributed by atoms with van der Waals surface area (Å²) in [4.78, 5) is 13.1. The highest BCUT2D eigenvalue weighted by molar-refractivity contribution is 5.94. The summed E-state index contributed by atoms with van der Waals surface area (Å²) in [6.45, 7) is 0.380. The van der Waals surface area contributed by atoms with E-state index >= 15 is 0 Å². The lowest BCUT2D eigenvalue weighted by atomic mass is 10.1. The smallest absolute Gasteiger partial charge is 0.255 e. The van der Waals surface area contributed by atoms with E-state index in [1.54, 1.807) is 12.1 Å². The molecule has 0 aromatic heterocycles. The fourth-order valence-corrected chi connectivity index (χ4v) is 2.17. The molecule has 0 saturated heterocycles. The van der Waals surface area contributed by atoms with E-state index in [0.29, 0.717) is 12.1 Å². The number of fused-ring (bicyclic) bond motifs is 1. The number of nitrogens with zero attached hydrogens (tertiary/aromatic N) is 1. The van der Waals surface area contributed by atoms with Gasteiger partial charge in [0.1, 0.15) is 0 Å². The minimum absolute atomic E-state index is 0.0848. The monoisotopic (exact) mass is 270 g/mol. The van der Waals surface area contributed by atoms with Crippen LogP contribution < -0.4 is 5.32 Å². The van der Waals surface area contributed by atoms with Crippen molar-refractivity contribution in [2.75, 3.05) is 19.7 Å². The molecule has 0 atom stereocenters. The number of halogens is 2. The van der Waals surface area contributed by atoms with Gasteiger partial charge in [-0.3, -0.25) is 4.79 Å². The number of nitrogens with one attached hydrogen (secondary N) is 1. The van der Waals surface area contributed by atoms with Gasteiger partial charge >= 0.3 is 0 Å². The van der Waals surface area contributed by atoms with E-state index in [0.717, 1.165) is 22.6 Å². The molecule has 0 bridgehead atoms. The molecule has 0 spiro atoms. The topological polar surface area (TPSA) is 52.6 Å². The van der Waals surface area contributed by atoms with E-state index < -0.39 is 18.9 Å². The fraction of sp³-hybridized carbons (Fsp3) is 0.462. The molecule has 1 aromatic carbocycles. The predicted octanol–water partition coefficient (Wildman–Crippen LogP) is 0.989. The number of amides is 1. The molecule has 1 heterocycles. The maximum Gasteiger partial charge on any atom is 0.255 e. The van der Waals surface area contributed by atoms with Gasteiger partial charge in [0.05, 0.1) is 13.2 Å². The van der Waals surface area contributed by atoms with Gasteiger partial charge in [-0.05, 0) is 23.3 Å². The van der Waals surface area contributed by atoms with Gasteiger partial charge in [0.2, 0.25) is 0 Å². The van der Waals surface area contributed by atoms with Gasteiger partial charge in [0.25, 0.3) is 12.3 Å². The van der Waals surface area contributed by atoms with E-state index in [-0.39, 0.29) is 13.2 Å². The Morgan fingerprint density at radius 2 is 2.11 bits per heavy atom. The number of alkyl halides is 2. The standard InChI is InChI=1S/C13H16F2N2O2/c14-12(15)8-17(3-4-18)13(19)9-1-2-10-6-16-7-11(10)5-9/h1-2,5,12,16,18H,3-4,6-8H2. The second-order valence-corrected chi connectivity index (χ2v) is 4.45. The van der Waals surface area contributed by atoms with Crippen molar-refractivity contribution in [3.8, 4) is 0 Å². The van der Waals surface area contributed by atoms with Gasteiger partial charge in [-0.25, -0.2) is 8.78 Å². The maximum atomic E-state index is 12.4. The SMILES string of the molecule is O=C(c1ccc2c(c1)CNC2)N(CCO)CC(F)F. The highest BCUT2D eigenvalue weighted by Gasteiger charge is 2.21. The van der Waals surface area contributed by atoms with Crippen molar-refractivity contribution in [3.05, 3.63) is 34.9 Å². The van der Waals surface area contributed by atoms with Crippen molar-refractivity contribution in [2.24, 2.45) is 0 Å². The molecule has 104 valence electrons. The molecule has 0 unspecified atom stereocenters. The average Bonchev–Trinajstić information content (AvgIpc) is 2.84. The van der Waals surface area contributed by atoms with Crippen molar-refractivity contribution in [2.45, 2.75) is 19.5 Å². The van der Waals surface area contributed by atoms with Crippen LogP contribution in [0.1, 0.15) is 21.5 Å². The quantitative estimate of drug-likeness (QED) is 0.839. The first-order valence-corrected chi connectivity index (χ1v) is 6.12. The Bertz CT molecular complexity index is 466. The predicted molar refractivity (Wildman–Crippen MR) is 66.0 cm³/mol. The molecule has 19 heavy (non-hydrogen) atoms. The third-order valence-corrected chi connectivity index (χ3v) is 3.10. The molecular weight excluding hydrogens is 254 g/mol.